The van der Waals surface area contributed by atoms with Crippen LogP contribution < -0.4 is 10.2 Å². The number of hydrogen-bond acceptors (Lipinski definition) is 3. The molecule has 0 radical (unpaired) electrons. The minimum absolute atomic E-state index is 0.0540. The normalized spacial score (nSPS) is 18.4. The Hall–Kier alpha value is -2.66. The van der Waals surface area contributed by atoms with E-state index in [2.05, 4.69) is 5.32 Å². The first-order chi connectivity index (χ1) is 13.0. The average Bonchev–Trinajstić information content (AvgIpc) is 3.08. The number of rotatable bonds is 3. The summed E-state index contributed by atoms with van der Waals surface area (Å²) in [4.78, 5) is 32.1. The standard InChI is InChI=1S/C21H20ClN3O2/c1-13-6-4-10-17(20(13)22)24-19(26)12-25-18-11-3-2-8-16(18)23-15-9-5-7-14(15)21(25)27/h2-4,6,8,10-11,14H,5,7,9,12H2,1H3,(H,24,26)/t14-/m0/s1. The Balaban J connectivity index is 1.62. The third-order valence-corrected chi connectivity index (χ3v) is 5.60. The van der Waals surface area contributed by atoms with Gasteiger partial charge < -0.3 is 10.2 Å². The van der Waals surface area contributed by atoms with Crippen LogP contribution in [0.25, 0.3) is 0 Å². The quantitative estimate of drug-likeness (QED) is 0.850. The molecule has 5 nitrogen and oxygen atoms in total. The fourth-order valence-corrected chi connectivity index (χ4v) is 3.89. The fourth-order valence-electron chi connectivity index (χ4n) is 3.72. The van der Waals surface area contributed by atoms with Gasteiger partial charge in [-0.25, -0.2) is 0 Å². The van der Waals surface area contributed by atoms with E-state index in [1.165, 1.54) is 0 Å². The zero-order chi connectivity index (χ0) is 19.0. The van der Waals surface area contributed by atoms with Gasteiger partial charge in [-0.2, -0.15) is 0 Å². The van der Waals surface area contributed by atoms with Crippen molar-refractivity contribution in [2.45, 2.75) is 26.2 Å². The van der Waals surface area contributed by atoms with Crippen LogP contribution in [0.15, 0.2) is 47.5 Å². The maximum absolute atomic E-state index is 13.1. The number of amides is 2. The molecular formula is C21H20ClN3O2. The summed E-state index contributed by atoms with van der Waals surface area (Å²) >= 11 is 6.28. The van der Waals surface area contributed by atoms with Crippen molar-refractivity contribution < 1.29 is 9.59 Å². The van der Waals surface area contributed by atoms with Gasteiger partial charge in [0.15, 0.2) is 0 Å². The van der Waals surface area contributed by atoms with Crippen LogP contribution in [-0.4, -0.2) is 24.1 Å². The zero-order valence-electron chi connectivity index (χ0n) is 15.0. The number of anilines is 2. The number of hydrogen-bond donors (Lipinski definition) is 1. The van der Waals surface area contributed by atoms with Crippen LogP contribution in [0.4, 0.5) is 17.1 Å². The summed E-state index contributed by atoms with van der Waals surface area (Å²) in [5, 5.41) is 3.34. The molecule has 1 N–H and O–H groups in total. The number of nitrogens with one attached hydrogen (secondary N) is 1. The lowest BCUT2D eigenvalue weighted by atomic mass is 10.1. The number of nitrogens with zero attached hydrogens (tertiary/aromatic N) is 2. The van der Waals surface area contributed by atoms with E-state index < -0.39 is 0 Å². The largest absolute Gasteiger partial charge is 0.323 e. The first-order valence-corrected chi connectivity index (χ1v) is 9.45. The van der Waals surface area contributed by atoms with Crippen molar-refractivity contribution in [1.82, 2.24) is 0 Å². The number of carbonyl (C=O) groups is 2. The molecule has 0 bridgehead atoms. The van der Waals surface area contributed by atoms with Crippen molar-refractivity contribution in [1.29, 1.82) is 0 Å². The number of fused-ring (bicyclic) bond motifs is 2. The molecule has 0 saturated heterocycles. The van der Waals surface area contributed by atoms with Crippen molar-refractivity contribution in [3.05, 3.63) is 53.1 Å². The molecule has 1 atom stereocenters. The third-order valence-electron chi connectivity index (χ3n) is 5.10. The van der Waals surface area contributed by atoms with Crippen molar-refractivity contribution in [2.24, 2.45) is 10.9 Å². The van der Waals surface area contributed by atoms with E-state index in [4.69, 9.17) is 16.6 Å². The molecule has 0 aromatic heterocycles. The summed E-state index contributed by atoms with van der Waals surface area (Å²) in [6, 6.07) is 12.9. The first kappa shape index (κ1) is 17.7. The maximum Gasteiger partial charge on any atom is 0.244 e. The van der Waals surface area contributed by atoms with Crippen LogP contribution in [0.3, 0.4) is 0 Å². The fraction of sp³-hybridized carbons (Fsp3) is 0.286. The number of aliphatic imine (C=N–C) groups is 1. The average molecular weight is 382 g/mol. The van der Waals surface area contributed by atoms with E-state index in [9.17, 15) is 9.59 Å². The van der Waals surface area contributed by atoms with E-state index in [0.717, 1.165) is 36.2 Å². The molecule has 0 spiro atoms. The predicted octanol–water partition coefficient (Wildman–Crippen LogP) is 4.51. The van der Waals surface area contributed by atoms with Gasteiger partial charge in [0.25, 0.3) is 0 Å². The molecule has 1 aliphatic carbocycles. The number of carbonyl (C=O) groups excluding carboxylic acids is 2. The Kier molecular flexibility index (Phi) is 4.70. The lowest BCUT2D eigenvalue weighted by Gasteiger charge is -2.24. The molecule has 2 aliphatic rings. The lowest BCUT2D eigenvalue weighted by Crippen LogP contribution is -2.41. The van der Waals surface area contributed by atoms with Gasteiger partial charge >= 0.3 is 0 Å². The molecule has 1 heterocycles. The highest BCUT2D eigenvalue weighted by molar-refractivity contribution is 6.34. The zero-order valence-corrected chi connectivity index (χ0v) is 15.8. The second-order valence-electron chi connectivity index (χ2n) is 6.95. The summed E-state index contributed by atoms with van der Waals surface area (Å²) in [7, 11) is 0. The van der Waals surface area contributed by atoms with Gasteiger partial charge in [0.1, 0.15) is 6.54 Å². The maximum atomic E-state index is 13.1. The first-order valence-electron chi connectivity index (χ1n) is 9.07. The third kappa shape index (κ3) is 3.35. The van der Waals surface area contributed by atoms with E-state index >= 15 is 0 Å². The Morgan fingerprint density at radius 3 is 2.93 bits per heavy atom. The Morgan fingerprint density at radius 2 is 2.07 bits per heavy atom. The molecule has 2 amide bonds. The number of para-hydroxylation sites is 2. The van der Waals surface area contributed by atoms with E-state index in [1.807, 2.05) is 43.3 Å². The van der Waals surface area contributed by atoms with Gasteiger partial charge in [-0.3, -0.25) is 14.6 Å². The SMILES string of the molecule is Cc1cccc(NC(=O)CN2C(=O)[C@H]3CCCC3=Nc3ccccc32)c1Cl. The summed E-state index contributed by atoms with van der Waals surface area (Å²) in [5.41, 5.74) is 3.78. The highest BCUT2D eigenvalue weighted by atomic mass is 35.5. The van der Waals surface area contributed by atoms with Crippen LogP contribution in [0.2, 0.25) is 5.02 Å². The van der Waals surface area contributed by atoms with E-state index in [-0.39, 0.29) is 24.3 Å². The van der Waals surface area contributed by atoms with Crippen molar-refractivity contribution in [3.8, 4) is 0 Å². The number of aryl methyl sites for hydroxylation is 1. The van der Waals surface area contributed by atoms with Crippen LogP contribution in [0, 0.1) is 12.8 Å². The molecular weight excluding hydrogens is 362 g/mol. The molecule has 1 fully saturated rings. The monoisotopic (exact) mass is 381 g/mol. The predicted molar refractivity (Wildman–Crippen MR) is 108 cm³/mol. The van der Waals surface area contributed by atoms with Gasteiger partial charge in [0, 0.05) is 5.71 Å². The molecule has 6 heteroatoms. The van der Waals surface area contributed by atoms with Crippen LogP contribution in [-0.2, 0) is 9.59 Å². The van der Waals surface area contributed by atoms with Crippen molar-refractivity contribution in [2.75, 3.05) is 16.8 Å². The van der Waals surface area contributed by atoms with Gasteiger partial charge in [0.2, 0.25) is 11.8 Å². The minimum atomic E-state index is -0.285. The molecule has 2 aromatic carbocycles. The summed E-state index contributed by atoms with van der Waals surface area (Å²) in [6.07, 6.45) is 2.58. The number of benzene rings is 2. The van der Waals surface area contributed by atoms with Gasteiger partial charge in [-0.15, -0.1) is 0 Å². The Morgan fingerprint density at radius 1 is 1.26 bits per heavy atom. The molecule has 138 valence electrons. The summed E-state index contributed by atoms with van der Waals surface area (Å²) < 4.78 is 0. The minimum Gasteiger partial charge on any atom is -0.323 e. The highest BCUT2D eigenvalue weighted by Crippen LogP contribution is 2.37. The topological polar surface area (TPSA) is 61.8 Å². The second kappa shape index (κ2) is 7.16. The molecule has 2 aromatic rings. The molecule has 0 unspecified atom stereocenters. The number of halogens is 1. The van der Waals surface area contributed by atoms with Crippen molar-refractivity contribution >= 4 is 46.2 Å². The Bertz CT molecular complexity index is 954. The highest BCUT2D eigenvalue weighted by Gasteiger charge is 2.37. The van der Waals surface area contributed by atoms with E-state index in [0.29, 0.717) is 16.4 Å². The summed E-state index contributed by atoms with van der Waals surface area (Å²) in [5.74, 6) is -0.568. The van der Waals surface area contributed by atoms with Gasteiger partial charge in [0.05, 0.1) is 28.0 Å². The van der Waals surface area contributed by atoms with Gasteiger partial charge in [-0.05, 0) is 49.9 Å². The van der Waals surface area contributed by atoms with Crippen LogP contribution in [0.5, 0.6) is 0 Å². The summed E-state index contributed by atoms with van der Waals surface area (Å²) in [6.45, 7) is 1.81. The molecule has 27 heavy (non-hydrogen) atoms. The molecule has 1 aliphatic heterocycles. The second-order valence-corrected chi connectivity index (χ2v) is 7.32. The van der Waals surface area contributed by atoms with Crippen LogP contribution >= 0.6 is 11.6 Å². The van der Waals surface area contributed by atoms with Gasteiger partial charge in [-0.1, -0.05) is 35.9 Å². The molecule has 4 rings (SSSR count). The van der Waals surface area contributed by atoms with Crippen molar-refractivity contribution in [3.63, 3.8) is 0 Å². The lowest BCUT2D eigenvalue weighted by molar-refractivity contribution is -0.122. The smallest absolute Gasteiger partial charge is 0.244 e. The molecule has 1 saturated carbocycles. The Labute approximate surface area is 163 Å². The van der Waals surface area contributed by atoms with E-state index in [1.54, 1.807) is 11.0 Å². The van der Waals surface area contributed by atoms with Crippen LogP contribution in [0.1, 0.15) is 24.8 Å².